The van der Waals surface area contributed by atoms with Gasteiger partial charge in [-0.2, -0.15) is 11.8 Å². The van der Waals surface area contributed by atoms with Gasteiger partial charge in [0.1, 0.15) is 11.5 Å². The van der Waals surface area contributed by atoms with Gasteiger partial charge in [0, 0.05) is 11.6 Å². The lowest BCUT2D eigenvalue weighted by Crippen LogP contribution is -2.12. The Morgan fingerprint density at radius 3 is 2.62 bits per heavy atom. The third-order valence-electron chi connectivity index (χ3n) is 2.47. The van der Waals surface area contributed by atoms with Crippen LogP contribution in [0.4, 0.5) is 0 Å². The molecule has 0 amide bonds. The molecule has 1 rings (SSSR count). The van der Waals surface area contributed by atoms with Gasteiger partial charge < -0.3 is 15.2 Å². The van der Waals surface area contributed by atoms with Crippen molar-refractivity contribution in [3.63, 3.8) is 0 Å². The maximum atomic E-state index is 6.13. The van der Waals surface area contributed by atoms with Gasteiger partial charge in [-0.15, -0.1) is 0 Å². The van der Waals surface area contributed by atoms with E-state index < -0.39 is 0 Å². The van der Waals surface area contributed by atoms with Crippen molar-refractivity contribution in [3.8, 4) is 11.5 Å². The largest absolute Gasteiger partial charge is 0.497 e. The third-order valence-corrected chi connectivity index (χ3v) is 3.11. The Balaban J connectivity index is 2.89. The predicted octanol–water partition coefficient (Wildman–Crippen LogP) is 2.46. The van der Waals surface area contributed by atoms with Gasteiger partial charge in [-0.1, -0.05) is 0 Å². The molecule has 0 heterocycles. The molecular weight excluding hydrogens is 222 g/mol. The van der Waals surface area contributed by atoms with Gasteiger partial charge in [-0.05, 0) is 36.6 Å². The molecule has 0 saturated heterocycles. The Morgan fingerprint density at radius 2 is 2.06 bits per heavy atom. The molecule has 1 atom stereocenters. The van der Waals surface area contributed by atoms with Gasteiger partial charge in [0.15, 0.2) is 0 Å². The van der Waals surface area contributed by atoms with Crippen molar-refractivity contribution >= 4 is 11.8 Å². The molecule has 1 aromatic carbocycles. The van der Waals surface area contributed by atoms with Gasteiger partial charge in [0.05, 0.1) is 14.2 Å². The number of nitrogens with two attached hydrogens (primary N) is 1. The van der Waals surface area contributed by atoms with Crippen molar-refractivity contribution in [2.24, 2.45) is 5.73 Å². The molecule has 0 spiro atoms. The van der Waals surface area contributed by atoms with E-state index in [0.29, 0.717) is 0 Å². The zero-order chi connectivity index (χ0) is 12.0. The summed E-state index contributed by atoms with van der Waals surface area (Å²) in [5.74, 6) is 2.69. The van der Waals surface area contributed by atoms with E-state index in [4.69, 9.17) is 15.2 Å². The maximum absolute atomic E-state index is 6.13. The molecule has 1 unspecified atom stereocenters. The van der Waals surface area contributed by atoms with E-state index >= 15 is 0 Å². The summed E-state index contributed by atoms with van der Waals surface area (Å²) in [5, 5.41) is 0. The van der Waals surface area contributed by atoms with Crippen LogP contribution in [0.1, 0.15) is 18.0 Å². The summed E-state index contributed by atoms with van der Waals surface area (Å²) in [7, 11) is 3.31. The van der Waals surface area contributed by atoms with Gasteiger partial charge in [-0.3, -0.25) is 0 Å². The summed E-state index contributed by atoms with van der Waals surface area (Å²) in [6.45, 7) is 0. The Morgan fingerprint density at radius 1 is 1.31 bits per heavy atom. The van der Waals surface area contributed by atoms with Crippen LogP contribution in [0.15, 0.2) is 18.2 Å². The highest BCUT2D eigenvalue weighted by Gasteiger charge is 2.12. The molecule has 3 nitrogen and oxygen atoms in total. The molecule has 0 aliphatic carbocycles. The molecule has 4 heteroatoms. The topological polar surface area (TPSA) is 44.5 Å². The number of hydrogen-bond acceptors (Lipinski definition) is 4. The number of benzene rings is 1. The maximum Gasteiger partial charge on any atom is 0.123 e. The van der Waals surface area contributed by atoms with E-state index in [1.54, 1.807) is 26.0 Å². The monoisotopic (exact) mass is 241 g/mol. The Labute approximate surface area is 101 Å². The fourth-order valence-electron chi connectivity index (χ4n) is 1.53. The summed E-state index contributed by atoms with van der Waals surface area (Å²) in [4.78, 5) is 0. The number of methoxy groups -OCH3 is 2. The molecular formula is C12H19NO2S. The SMILES string of the molecule is COc1ccc(OC)c(C(N)CCSC)c1. The van der Waals surface area contributed by atoms with Crippen LogP contribution in [0.3, 0.4) is 0 Å². The van der Waals surface area contributed by atoms with Crippen LogP contribution in [0.25, 0.3) is 0 Å². The number of hydrogen-bond donors (Lipinski definition) is 1. The lowest BCUT2D eigenvalue weighted by molar-refractivity contribution is 0.395. The van der Waals surface area contributed by atoms with Gasteiger partial charge in [0.2, 0.25) is 0 Å². The first-order valence-electron chi connectivity index (χ1n) is 5.19. The number of thioether (sulfide) groups is 1. The van der Waals surface area contributed by atoms with Crippen molar-refractivity contribution in [2.75, 3.05) is 26.2 Å². The fourth-order valence-corrected chi connectivity index (χ4v) is 2.02. The van der Waals surface area contributed by atoms with Crippen molar-refractivity contribution in [1.29, 1.82) is 0 Å². The Kier molecular flexibility index (Phi) is 5.49. The smallest absolute Gasteiger partial charge is 0.123 e. The minimum atomic E-state index is -0.00231. The highest BCUT2D eigenvalue weighted by Crippen LogP contribution is 2.30. The standard InChI is InChI=1S/C12H19NO2S/c1-14-9-4-5-12(15-2)10(8-9)11(13)6-7-16-3/h4-5,8,11H,6-7,13H2,1-3H3. The van der Waals surface area contributed by atoms with Crippen LogP contribution in [0.5, 0.6) is 11.5 Å². The van der Waals surface area contributed by atoms with Gasteiger partial charge in [0.25, 0.3) is 0 Å². The number of ether oxygens (including phenoxy) is 2. The number of rotatable bonds is 6. The Hall–Kier alpha value is -0.870. The zero-order valence-corrected chi connectivity index (χ0v) is 10.8. The summed E-state index contributed by atoms with van der Waals surface area (Å²) in [5.41, 5.74) is 7.14. The van der Waals surface area contributed by atoms with Crippen LogP contribution < -0.4 is 15.2 Å². The first-order chi connectivity index (χ1) is 7.72. The predicted molar refractivity (Wildman–Crippen MR) is 69.5 cm³/mol. The molecule has 0 aromatic heterocycles. The minimum Gasteiger partial charge on any atom is -0.497 e. The lowest BCUT2D eigenvalue weighted by atomic mass is 10.0. The van der Waals surface area contributed by atoms with Crippen LogP contribution in [0.2, 0.25) is 0 Å². The van der Waals surface area contributed by atoms with Gasteiger partial charge in [-0.25, -0.2) is 0 Å². The average Bonchev–Trinajstić information content (AvgIpc) is 2.35. The zero-order valence-electron chi connectivity index (χ0n) is 10.0. The summed E-state index contributed by atoms with van der Waals surface area (Å²) < 4.78 is 10.5. The normalized spacial score (nSPS) is 12.2. The van der Waals surface area contributed by atoms with Crippen molar-refractivity contribution in [3.05, 3.63) is 23.8 Å². The second kappa shape index (κ2) is 6.66. The highest BCUT2D eigenvalue weighted by atomic mass is 32.2. The summed E-state index contributed by atoms with van der Waals surface area (Å²) in [6, 6.07) is 5.72. The van der Waals surface area contributed by atoms with E-state index in [9.17, 15) is 0 Å². The minimum absolute atomic E-state index is 0.00231. The van der Waals surface area contributed by atoms with Gasteiger partial charge >= 0.3 is 0 Å². The van der Waals surface area contributed by atoms with E-state index in [1.807, 2.05) is 18.2 Å². The van der Waals surface area contributed by atoms with E-state index in [0.717, 1.165) is 29.2 Å². The molecule has 1 aromatic rings. The molecule has 0 radical (unpaired) electrons. The van der Waals surface area contributed by atoms with Crippen LogP contribution >= 0.6 is 11.8 Å². The van der Waals surface area contributed by atoms with E-state index in [-0.39, 0.29) is 6.04 Å². The molecule has 0 aliphatic rings. The molecule has 0 saturated carbocycles. The molecule has 0 aliphatic heterocycles. The van der Waals surface area contributed by atoms with Crippen LogP contribution in [-0.2, 0) is 0 Å². The Bertz CT molecular complexity index is 331. The van der Waals surface area contributed by atoms with Crippen molar-refractivity contribution in [2.45, 2.75) is 12.5 Å². The second-order valence-electron chi connectivity index (χ2n) is 3.50. The van der Waals surface area contributed by atoms with E-state index in [1.165, 1.54) is 0 Å². The lowest BCUT2D eigenvalue weighted by Gasteiger charge is -2.16. The molecule has 0 bridgehead atoms. The molecule has 16 heavy (non-hydrogen) atoms. The van der Waals surface area contributed by atoms with Crippen LogP contribution in [-0.4, -0.2) is 26.2 Å². The molecule has 0 fully saturated rings. The summed E-state index contributed by atoms with van der Waals surface area (Å²) in [6.07, 6.45) is 3.01. The third kappa shape index (κ3) is 3.32. The quantitative estimate of drug-likeness (QED) is 0.831. The highest BCUT2D eigenvalue weighted by molar-refractivity contribution is 7.98. The first kappa shape index (κ1) is 13.2. The fraction of sp³-hybridized carbons (Fsp3) is 0.500. The molecule has 2 N–H and O–H groups in total. The molecule has 90 valence electrons. The van der Waals surface area contributed by atoms with Crippen molar-refractivity contribution in [1.82, 2.24) is 0 Å². The average molecular weight is 241 g/mol. The second-order valence-corrected chi connectivity index (χ2v) is 4.48. The van der Waals surface area contributed by atoms with E-state index in [2.05, 4.69) is 6.26 Å². The van der Waals surface area contributed by atoms with Crippen LogP contribution in [0, 0.1) is 0 Å². The summed E-state index contributed by atoms with van der Waals surface area (Å²) >= 11 is 1.80. The van der Waals surface area contributed by atoms with Crippen molar-refractivity contribution < 1.29 is 9.47 Å². The first-order valence-corrected chi connectivity index (χ1v) is 6.58.